The molecule has 140 valence electrons. The zero-order valence-electron chi connectivity index (χ0n) is 15.7. The summed E-state index contributed by atoms with van der Waals surface area (Å²) >= 11 is 0. The summed E-state index contributed by atoms with van der Waals surface area (Å²) in [6.45, 7) is 8.46. The molecule has 2 aromatic carbocycles. The van der Waals surface area contributed by atoms with Gasteiger partial charge in [-0.2, -0.15) is 0 Å². The Labute approximate surface area is 159 Å². The Morgan fingerprint density at radius 3 is 2.70 bits per heavy atom. The number of amides is 2. The van der Waals surface area contributed by atoms with Crippen molar-refractivity contribution >= 4 is 23.2 Å². The van der Waals surface area contributed by atoms with Gasteiger partial charge in [-0.15, -0.1) is 0 Å². The fourth-order valence-electron chi connectivity index (χ4n) is 3.18. The lowest BCUT2D eigenvalue weighted by Crippen LogP contribution is -2.28. The summed E-state index contributed by atoms with van der Waals surface area (Å²) in [5, 5.41) is 2.89. The summed E-state index contributed by atoms with van der Waals surface area (Å²) in [6, 6.07) is 13.1. The van der Waals surface area contributed by atoms with Crippen molar-refractivity contribution in [3.63, 3.8) is 0 Å². The van der Waals surface area contributed by atoms with Crippen molar-refractivity contribution in [2.24, 2.45) is 5.92 Å². The van der Waals surface area contributed by atoms with Crippen molar-refractivity contribution in [1.29, 1.82) is 0 Å². The van der Waals surface area contributed by atoms with Gasteiger partial charge in [-0.25, -0.2) is 0 Å². The van der Waals surface area contributed by atoms with Crippen LogP contribution in [0.5, 0.6) is 5.75 Å². The van der Waals surface area contributed by atoms with Crippen molar-refractivity contribution < 1.29 is 14.3 Å². The van der Waals surface area contributed by atoms with Gasteiger partial charge in [0.15, 0.2) is 0 Å². The second kappa shape index (κ2) is 8.08. The van der Waals surface area contributed by atoms with Gasteiger partial charge in [-0.1, -0.05) is 24.8 Å². The molecule has 1 fully saturated rings. The Bertz CT molecular complexity index is 858. The fraction of sp³-hybridized carbons (Fsp3) is 0.273. The molecule has 1 atom stereocenters. The highest BCUT2D eigenvalue weighted by Gasteiger charge is 2.35. The number of rotatable bonds is 6. The molecule has 1 aliphatic rings. The van der Waals surface area contributed by atoms with Crippen LogP contribution in [0.15, 0.2) is 55.1 Å². The van der Waals surface area contributed by atoms with Crippen LogP contribution in [-0.4, -0.2) is 25.0 Å². The van der Waals surface area contributed by atoms with Crippen LogP contribution >= 0.6 is 0 Å². The molecule has 1 heterocycles. The zero-order chi connectivity index (χ0) is 19.4. The molecule has 2 amide bonds. The van der Waals surface area contributed by atoms with Crippen molar-refractivity contribution in [3.8, 4) is 5.75 Å². The van der Waals surface area contributed by atoms with Crippen LogP contribution in [0.2, 0.25) is 0 Å². The van der Waals surface area contributed by atoms with Gasteiger partial charge in [0.1, 0.15) is 12.4 Å². The molecule has 0 spiro atoms. The molecule has 5 nitrogen and oxygen atoms in total. The van der Waals surface area contributed by atoms with Crippen molar-refractivity contribution in [3.05, 3.63) is 66.2 Å². The number of hydrogen-bond acceptors (Lipinski definition) is 3. The molecule has 1 saturated heterocycles. The number of aryl methyl sites for hydroxylation is 1. The van der Waals surface area contributed by atoms with Gasteiger partial charge >= 0.3 is 0 Å². The third-order valence-electron chi connectivity index (χ3n) is 4.85. The fourth-order valence-corrected chi connectivity index (χ4v) is 3.18. The smallest absolute Gasteiger partial charge is 0.229 e. The first-order valence-corrected chi connectivity index (χ1v) is 9.01. The zero-order valence-corrected chi connectivity index (χ0v) is 15.7. The van der Waals surface area contributed by atoms with Crippen LogP contribution in [0.3, 0.4) is 0 Å². The van der Waals surface area contributed by atoms with E-state index in [0.717, 1.165) is 16.8 Å². The molecule has 1 N–H and O–H groups in total. The maximum absolute atomic E-state index is 12.6. The predicted molar refractivity (Wildman–Crippen MR) is 107 cm³/mol. The quantitative estimate of drug-likeness (QED) is 0.792. The second-order valence-corrected chi connectivity index (χ2v) is 6.74. The number of benzene rings is 2. The topological polar surface area (TPSA) is 58.6 Å². The van der Waals surface area contributed by atoms with E-state index in [-0.39, 0.29) is 24.2 Å². The van der Waals surface area contributed by atoms with E-state index in [0.29, 0.717) is 24.6 Å². The standard InChI is InChI=1S/C22H24N2O3/c1-4-12-27-19-10-8-18(9-11-19)23-22(26)17-13-21(25)24(14-17)20-7-5-6-15(2)16(20)3/h4-11,17H,1,12-14H2,2-3H3,(H,23,26)/t17-/m0/s1. The van der Waals surface area contributed by atoms with Gasteiger partial charge in [-0.05, 0) is 55.3 Å². The Morgan fingerprint density at radius 2 is 2.00 bits per heavy atom. The van der Waals surface area contributed by atoms with E-state index < -0.39 is 0 Å². The molecular formula is C22H24N2O3. The Kier molecular flexibility index (Phi) is 5.60. The van der Waals surface area contributed by atoms with Gasteiger partial charge in [0.05, 0.1) is 5.92 Å². The Hall–Kier alpha value is -3.08. The van der Waals surface area contributed by atoms with E-state index in [1.807, 2.05) is 32.0 Å². The van der Waals surface area contributed by atoms with Crippen LogP contribution in [0, 0.1) is 19.8 Å². The Balaban J connectivity index is 1.65. The highest BCUT2D eigenvalue weighted by atomic mass is 16.5. The summed E-state index contributed by atoms with van der Waals surface area (Å²) < 4.78 is 5.43. The number of ether oxygens (including phenoxy) is 1. The number of anilines is 2. The molecule has 0 unspecified atom stereocenters. The minimum Gasteiger partial charge on any atom is -0.490 e. The van der Waals surface area contributed by atoms with Crippen LogP contribution in [-0.2, 0) is 9.59 Å². The summed E-state index contributed by atoms with van der Waals surface area (Å²) in [5.74, 6) is 0.187. The molecule has 27 heavy (non-hydrogen) atoms. The Morgan fingerprint density at radius 1 is 1.26 bits per heavy atom. The summed E-state index contributed by atoms with van der Waals surface area (Å²) in [6.07, 6.45) is 1.90. The molecule has 5 heteroatoms. The normalized spacial score (nSPS) is 16.3. The van der Waals surface area contributed by atoms with E-state index >= 15 is 0 Å². The second-order valence-electron chi connectivity index (χ2n) is 6.74. The largest absolute Gasteiger partial charge is 0.490 e. The molecular weight excluding hydrogens is 340 g/mol. The molecule has 2 aromatic rings. The molecule has 0 aromatic heterocycles. The first-order chi connectivity index (χ1) is 13.0. The minimum atomic E-state index is -0.367. The van der Waals surface area contributed by atoms with Gasteiger partial charge in [0, 0.05) is 24.3 Å². The van der Waals surface area contributed by atoms with Crippen LogP contribution in [0.4, 0.5) is 11.4 Å². The first-order valence-electron chi connectivity index (χ1n) is 9.01. The number of carbonyl (C=O) groups is 2. The van der Waals surface area contributed by atoms with Crippen molar-refractivity contribution in [2.75, 3.05) is 23.4 Å². The summed E-state index contributed by atoms with van der Waals surface area (Å²) in [4.78, 5) is 26.8. The maximum atomic E-state index is 12.6. The molecule has 0 aliphatic carbocycles. The number of nitrogens with one attached hydrogen (secondary N) is 1. The average Bonchev–Trinajstić information content (AvgIpc) is 3.05. The lowest BCUT2D eigenvalue weighted by Gasteiger charge is -2.20. The highest BCUT2D eigenvalue weighted by molar-refractivity contribution is 6.03. The van der Waals surface area contributed by atoms with Crippen molar-refractivity contribution in [1.82, 2.24) is 0 Å². The summed E-state index contributed by atoms with van der Waals surface area (Å²) in [5.41, 5.74) is 3.77. The van der Waals surface area contributed by atoms with E-state index in [1.165, 1.54) is 0 Å². The molecule has 3 rings (SSSR count). The van der Waals surface area contributed by atoms with E-state index in [1.54, 1.807) is 35.2 Å². The maximum Gasteiger partial charge on any atom is 0.229 e. The van der Waals surface area contributed by atoms with Crippen molar-refractivity contribution in [2.45, 2.75) is 20.3 Å². The summed E-state index contributed by atoms with van der Waals surface area (Å²) in [7, 11) is 0. The minimum absolute atomic E-state index is 0.0166. The third kappa shape index (κ3) is 4.19. The third-order valence-corrected chi connectivity index (χ3v) is 4.85. The highest BCUT2D eigenvalue weighted by Crippen LogP contribution is 2.30. The number of nitrogens with zero attached hydrogens (tertiary/aromatic N) is 1. The van der Waals surface area contributed by atoms with Crippen LogP contribution < -0.4 is 15.0 Å². The number of carbonyl (C=O) groups excluding carboxylic acids is 2. The van der Waals surface area contributed by atoms with E-state index in [2.05, 4.69) is 11.9 Å². The molecule has 0 radical (unpaired) electrons. The van der Waals surface area contributed by atoms with Gasteiger partial charge < -0.3 is 15.0 Å². The van der Waals surface area contributed by atoms with Gasteiger partial charge in [0.2, 0.25) is 11.8 Å². The molecule has 1 aliphatic heterocycles. The average molecular weight is 364 g/mol. The van der Waals surface area contributed by atoms with E-state index in [9.17, 15) is 9.59 Å². The molecule has 0 saturated carbocycles. The lowest BCUT2D eigenvalue weighted by atomic mass is 10.1. The lowest BCUT2D eigenvalue weighted by molar-refractivity contribution is -0.122. The van der Waals surface area contributed by atoms with E-state index in [4.69, 9.17) is 4.74 Å². The SMILES string of the molecule is C=CCOc1ccc(NC(=O)[C@H]2CC(=O)N(c3cccc(C)c3C)C2)cc1. The molecule has 0 bridgehead atoms. The van der Waals surface area contributed by atoms with Gasteiger partial charge in [0.25, 0.3) is 0 Å². The van der Waals surface area contributed by atoms with Crippen LogP contribution in [0.1, 0.15) is 17.5 Å². The monoisotopic (exact) mass is 364 g/mol. The number of hydrogen-bond donors (Lipinski definition) is 1. The van der Waals surface area contributed by atoms with Gasteiger partial charge in [-0.3, -0.25) is 9.59 Å². The van der Waals surface area contributed by atoms with Crippen LogP contribution in [0.25, 0.3) is 0 Å². The predicted octanol–water partition coefficient (Wildman–Crippen LogP) is 3.86. The first kappa shape index (κ1) is 18.7.